The van der Waals surface area contributed by atoms with Crippen LogP contribution in [0.15, 0.2) is 0 Å². The largest absolute Gasteiger partial charge is 0.314 e. The molecule has 0 bridgehead atoms. The van der Waals surface area contributed by atoms with Crippen molar-refractivity contribution < 1.29 is 0 Å². The average Bonchev–Trinajstić information content (AvgIpc) is 2.68. The molecule has 0 saturated heterocycles. The lowest BCUT2D eigenvalue weighted by Crippen LogP contribution is -2.41. The lowest BCUT2D eigenvalue weighted by molar-refractivity contribution is 0.324. The van der Waals surface area contributed by atoms with Crippen LogP contribution in [0.25, 0.3) is 0 Å². The third-order valence-electron chi connectivity index (χ3n) is 2.78. The smallest absolute Gasteiger partial charge is 0.0175 e. The van der Waals surface area contributed by atoms with E-state index in [4.69, 9.17) is 0 Å². The van der Waals surface area contributed by atoms with Crippen LogP contribution in [0.3, 0.4) is 0 Å². The molecule has 1 atom stereocenters. The van der Waals surface area contributed by atoms with E-state index < -0.39 is 0 Å². The van der Waals surface area contributed by atoms with Crippen molar-refractivity contribution in [2.75, 3.05) is 7.05 Å². The van der Waals surface area contributed by atoms with Crippen LogP contribution in [0.5, 0.6) is 0 Å². The Morgan fingerprint density at radius 2 is 2.11 bits per heavy atom. The summed E-state index contributed by atoms with van der Waals surface area (Å²) >= 11 is 0. The topological polar surface area (TPSA) is 12.0 Å². The molecule has 1 rings (SSSR count). The summed E-state index contributed by atoms with van der Waals surface area (Å²) < 4.78 is 0. The van der Waals surface area contributed by atoms with E-state index >= 15 is 0 Å². The summed E-state index contributed by atoms with van der Waals surface area (Å²) in [6, 6.07) is 0. The zero-order chi connectivity index (χ0) is 6.91. The Kier molecular flexibility index (Phi) is 1.80. The first-order valence-corrected chi connectivity index (χ1v) is 3.92. The summed E-state index contributed by atoms with van der Waals surface area (Å²) in [5.74, 6) is 0.965. The third-order valence-corrected chi connectivity index (χ3v) is 2.78. The minimum absolute atomic E-state index is 0.444. The van der Waals surface area contributed by atoms with Crippen LogP contribution in [0, 0.1) is 5.92 Å². The molecule has 9 heavy (non-hydrogen) atoms. The number of hydrogen-bond donors (Lipinski definition) is 1. The molecule has 0 aromatic rings. The summed E-state index contributed by atoms with van der Waals surface area (Å²) in [7, 11) is 2.07. The quantitative estimate of drug-likeness (QED) is 0.609. The van der Waals surface area contributed by atoms with Crippen LogP contribution in [-0.4, -0.2) is 12.6 Å². The Labute approximate surface area is 57.8 Å². The fourth-order valence-corrected chi connectivity index (χ4v) is 1.39. The van der Waals surface area contributed by atoms with Crippen molar-refractivity contribution in [3.63, 3.8) is 0 Å². The molecule has 1 aliphatic carbocycles. The molecule has 0 amide bonds. The summed E-state index contributed by atoms with van der Waals surface area (Å²) in [5, 5.41) is 3.39. The van der Waals surface area contributed by atoms with Gasteiger partial charge < -0.3 is 5.32 Å². The van der Waals surface area contributed by atoms with Crippen LogP contribution in [0.2, 0.25) is 0 Å². The normalized spacial score (nSPS) is 25.7. The van der Waals surface area contributed by atoms with Gasteiger partial charge in [-0.05, 0) is 39.2 Å². The van der Waals surface area contributed by atoms with Gasteiger partial charge in [0.15, 0.2) is 0 Å². The van der Waals surface area contributed by atoms with Gasteiger partial charge in [0.2, 0.25) is 0 Å². The molecule has 0 spiro atoms. The Balaban J connectivity index is 2.43. The molecule has 1 aliphatic rings. The molecular formula is C8H17N. The maximum atomic E-state index is 3.39. The van der Waals surface area contributed by atoms with Gasteiger partial charge in [-0.2, -0.15) is 0 Å². The minimum Gasteiger partial charge on any atom is -0.314 e. The van der Waals surface area contributed by atoms with E-state index in [2.05, 4.69) is 26.2 Å². The van der Waals surface area contributed by atoms with Crippen LogP contribution in [-0.2, 0) is 0 Å². The lowest BCUT2D eigenvalue weighted by Gasteiger charge is -2.27. The van der Waals surface area contributed by atoms with E-state index in [1.54, 1.807) is 0 Å². The maximum absolute atomic E-state index is 3.39. The molecule has 1 fully saturated rings. The summed E-state index contributed by atoms with van der Waals surface area (Å²) in [6.45, 7) is 4.58. The first-order valence-electron chi connectivity index (χ1n) is 3.92. The van der Waals surface area contributed by atoms with Crippen molar-refractivity contribution in [2.24, 2.45) is 5.92 Å². The molecule has 1 unspecified atom stereocenters. The Morgan fingerprint density at radius 1 is 1.56 bits per heavy atom. The molecule has 0 radical (unpaired) electrons. The Hall–Kier alpha value is -0.0400. The zero-order valence-corrected chi connectivity index (χ0v) is 6.70. The maximum Gasteiger partial charge on any atom is 0.0175 e. The van der Waals surface area contributed by atoms with Crippen molar-refractivity contribution >= 4 is 0 Å². The van der Waals surface area contributed by atoms with Gasteiger partial charge in [0.25, 0.3) is 0 Å². The van der Waals surface area contributed by atoms with E-state index in [9.17, 15) is 0 Å². The molecule has 1 saturated carbocycles. The van der Waals surface area contributed by atoms with Gasteiger partial charge in [0.05, 0.1) is 0 Å². The SMILES string of the molecule is CCC(C)(NC)C1CC1. The second kappa shape index (κ2) is 2.30. The number of nitrogens with one attached hydrogen (secondary N) is 1. The van der Waals surface area contributed by atoms with Gasteiger partial charge in [-0.25, -0.2) is 0 Å². The van der Waals surface area contributed by atoms with Crippen molar-refractivity contribution in [2.45, 2.75) is 38.6 Å². The van der Waals surface area contributed by atoms with E-state index in [-0.39, 0.29) is 0 Å². The fourth-order valence-electron chi connectivity index (χ4n) is 1.39. The molecule has 0 aromatic heterocycles. The predicted molar refractivity (Wildman–Crippen MR) is 40.5 cm³/mol. The average molecular weight is 127 g/mol. The molecule has 0 aromatic carbocycles. The van der Waals surface area contributed by atoms with E-state index in [0.717, 1.165) is 5.92 Å². The van der Waals surface area contributed by atoms with E-state index in [1.807, 2.05) is 0 Å². The van der Waals surface area contributed by atoms with Crippen molar-refractivity contribution in [3.8, 4) is 0 Å². The fraction of sp³-hybridized carbons (Fsp3) is 1.00. The van der Waals surface area contributed by atoms with Gasteiger partial charge in [0, 0.05) is 5.54 Å². The van der Waals surface area contributed by atoms with Crippen molar-refractivity contribution in [1.82, 2.24) is 5.32 Å². The second-order valence-electron chi connectivity index (χ2n) is 3.30. The highest BCUT2D eigenvalue weighted by Crippen LogP contribution is 2.40. The summed E-state index contributed by atoms with van der Waals surface area (Å²) in [4.78, 5) is 0. The minimum atomic E-state index is 0.444. The summed E-state index contributed by atoms with van der Waals surface area (Å²) in [6.07, 6.45) is 4.13. The van der Waals surface area contributed by atoms with E-state index in [1.165, 1.54) is 19.3 Å². The van der Waals surface area contributed by atoms with Crippen LogP contribution in [0.1, 0.15) is 33.1 Å². The standard InChI is InChI=1S/C8H17N/c1-4-8(2,9-3)7-5-6-7/h7,9H,4-6H2,1-3H3. The van der Waals surface area contributed by atoms with Crippen LogP contribution < -0.4 is 5.32 Å². The van der Waals surface area contributed by atoms with Gasteiger partial charge in [-0.3, -0.25) is 0 Å². The monoisotopic (exact) mass is 127 g/mol. The molecule has 54 valence electrons. The van der Waals surface area contributed by atoms with Gasteiger partial charge in [0.1, 0.15) is 0 Å². The zero-order valence-electron chi connectivity index (χ0n) is 6.70. The van der Waals surface area contributed by atoms with Gasteiger partial charge >= 0.3 is 0 Å². The summed E-state index contributed by atoms with van der Waals surface area (Å²) in [5.41, 5.74) is 0.444. The van der Waals surface area contributed by atoms with Crippen molar-refractivity contribution in [3.05, 3.63) is 0 Å². The molecule has 1 heteroatoms. The molecular weight excluding hydrogens is 110 g/mol. The Bertz CT molecular complexity index is 90.7. The molecule has 0 heterocycles. The molecule has 0 aliphatic heterocycles. The first kappa shape index (κ1) is 7.07. The first-order chi connectivity index (χ1) is 4.23. The van der Waals surface area contributed by atoms with Gasteiger partial charge in [-0.1, -0.05) is 6.92 Å². The number of hydrogen-bond acceptors (Lipinski definition) is 1. The van der Waals surface area contributed by atoms with Gasteiger partial charge in [-0.15, -0.1) is 0 Å². The van der Waals surface area contributed by atoms with Crippen molar-refractivity contribution in [1.29, 1.82) is 0 Å². The molecule has 1 nitrogen and oxygen atoms in total. The molecule has 1 N–H and O–H groups in total. The highest BCUT2D eigenvalue weighted by Gasteiger charge is 2.38. The number of rotatable bonds is 3. The van der Waals surface area contributed by atoms with Crippen LogP contribution in [0.4, 0.5) is 0 Å². The third kappa shape index (κ3) is 1.26. The van der Waals surface area contributed by atoms with E-state index in [0.29, 0.717) is 5.54 Å². The predicted octanol–water partition coefficient (Wildman–Crippen LogP) is 1.78. The highest BCUT2D eigenvalue weighted by molar-refractivity contribution is 4.95. The second-order valence-corrected chi connectivity index (χ2v) is 3.30. The Morgan fingerprint density at radius 3 is 2.22 bits per heavy atom. The highest BCUT2D eigenvalue weighted by atomic mass is 14.9. The lowest BCUT2D eigenvalue weighted by atomic mass is 9.93. The van der Waals surface area contributed by atoms with Crippen LogP contribution >= 0.6 is 0 Å².